The van der Waals surface area contributed by atoms with Gasteiger partial charge in [-0.25, -0.2) is 13.4 Å². The van der Waals surface area contributed by atoms with Crippen LogP contribution in [0.4, 0.5) is 0 Å². The first-order valence-electron chi connectivity index (χ1n) is 9.02. The summed E-state index contributed by atoms with van der Waals surface area (Å²) in [6.07, 6.45) is 7.25. The number of nitrogens with zero attached hydrogens (tertiary/aromatic N) is 2. The number of imidazole rings is 1. The number of aromatic nitrogens is 2. The summed E-state index contributed by atoms with van der Waals surface area (Å²) in [4.78, 5) is 16.9. The molecule has 0 bridgehead atoms. The summed E-state index contributed by atoms with van der Waals surface area (Å²) in [6.45, 7) is 2.68. The van der Waals surface area contributed by atoms with Crippen LogP contribution in [0, 0.1) is 0 Å². The van der Waals surface area contributed by atoms with E-state index in [0.717, 1.165) is 11.1 Å². The predicted molar refractivity (Wildman–Crippen MR) is 108 cm³/mol. The zero-order valence-corrected chi connectivity index (χ0v) is 16.7. The van der Waals surface area contributed by atoms with Gasteiger partial charge in [-0.15, -0.1) is 0 Å². The highest BCUT2D eigenvalue weighted by Gasteiger charge is 2.15. The fourth-order valence-electron chi connectivity index (χ4n) is 2.96. The molecule has 28 heavy (non-hydrogen) atoms. The Bertz CT molecular complexity index is 1030. The van der Waals surface area contributed by atoms with Crippen molar-refractivity contribution in [3.63, 3.8) is 0 Å². The average molecular weight is 398 g/mol. The lowest BCUT2D eigenvalue weighted by molar-refractivity contribution is 0.0935. The normalized spacial score (nSPS) is 12.5. The molecule has 1 aromatic heterocycles. The molecule has 3 aromatic rings. The molecule has 1 atom stereocenters. The molecule has 3 rings (SSSR count). The van der Waals surface area contributed by atoms with Crippen molar-refractivity contribution in [1.82, 2.24) is 14.9 Å². The Morgan fingerprint density at radius 2 is 1.79 bits per heavy atom. The summed E-state index contributed by atoms with van der Waals surface area (Å²) < 4.78 is 25.2. The molecule has 6 nitrogen and oxygen atoms in total. The molecular formula is C21H23N3O3S. The third kappa shape index (κ3) is 4.86. The van der Waals surface area contributed by atoms with Gasteiger partial charge in [0.1, 0.15) is 0 Å². The van der Waals surface area contributed by atoms with E-state index >= 15 is 0 Å². The molecule has 0 aliphatic heterocycles. The van der Waals surface area contributed by atoms with Crippen LogP contribution in [-0.4, -0.2) is 30.1 Å². The summed E-state index contributed by atoms with van der Waals surface area (Å²) in [7, 11) is -3.23. The fourth-order valence-corrected chi connectivity index (χ4v) is 3.59. The highest BCUT2D eigenvalue weighted by molar-refractivity contribution is 7.90. The van der Waals surface area contributed by atoms with Crippen LogP contribution in [0.25, 0.3) is 0 Å². The van der Waals surface area contributed by atoms with E-state index in [9.17, 15) is 13.2 Å². The topological polar surface area (TPSA) is 81.1 Å². The van der Waals surface area contributed by atoms with Crippen LogP contribution < -0.4 is 5.32 Å². The highest BCUT2D eigenvalue weighted by atomic mass is 32.2. The van der Waals surface area contributed by atoms with E-state index in [-0.39, 0.29) is 16.8 Å². The lowest BCUT2D eigenvalue weighted by Crippen LogP contribution is -2.28. The first-order chi connectivity index (χ1) is 13.4. The quantitative estimate of drug-likeness (QED) is 0.664. The number of hydrogen-bond donors (Lipinski definition) is 1. The van der Waals surface area contributed by atoms with Crippen molar-refractivity contribution >= 4 is 15.7 Å². The molecule has 1 heterocycles. The smallest absolute Gasteiger partial charge is 0.251 e. The Kier molecular flexibility index (Phi) is 5.94. The minimum Gasteiger partial charge on any atom is -0.345 e. The lowest BCUT2D eigenvalue weighted by Gasteiger charge is -2.18. The number of sulfone groups is 1. The van der Waals surface area contributed by atoms with Gasteiger partial charge in [-0.1, -0.05) is 31.2 Å². The third-order valence-electron chi connectivity index (χ3n) is 4.56. The maximum absolute atomic E-state index is 12.6. The zero-order chi connectivity index (χ0) is 20.1. The molecule has 0 saturated heterocycles. The number of hydrogen-bond acceptors (Lipinski definition) is 4. The van der Waals surface area contributed by atoms with Gasteiger partial charge in [0.25, 0.3) is 5.91 Å². The van der Waals surface area contributed by atoms with Gasteiger partial charge in [-0.05, 0) is 41.8 Å². The van der Waals surface area contributed by atoms with E-state index in [2.05, 4.69) is 10.3 Å². The van der Waals surface area contributed by atoms with Crippen LogP contribution in [0.3, 0.4) is 0 Å². The second-order valence-corrected chi connectivity index (χ2v) is 8.72. The van der Waals surface area contributed by atoms with E-state index in [1.165, 1.54) is 6.26 Å². The van der Waals surface area contributed by atoms with E-state index in [4.69, 9.17) is 0 Å². The van der Waals surface area contributed by atoms with E-state index in [1.54, 1.807) is 48.9 Å². The number of rotatable bonds is 7. The Balaban J connectivity index is 1.68. The molecule has 0 spiro atoms. The van der Waals surface area contributed by atoms with Crippen LogP contribution in [0.2, 0.25) is 0 Å². The van der Waals surface area contributed by atoms with Gasteiger partial charge in [0.2, 0.25) is 0 Å². The monoisotopic (exact) mass is 397 g/mol. The van der Waals surface area contributed by atoms with Crippen molar-refractivity contribution in [2.45, 2.75) is 30.8 Å². The van der Waals surface area contributed by atoms with Crippen LogP contribution in [0.5, 0.6) is 0 Å². The minimum atomic E-state index is -3.23. The molecule has 2 aromatic carbocycles. The standard InChI is InChI=1S/C21H23N3O3S/c1-3-20(17-8-10-19(11-9-17)28(2,26)27)23-21(25)18-6-4-16(5-7-18)14-24-13-12-22-15-24/h4-13,15,20H,3,14H2,1-2H3,(H,23,25). The molecule has 7 heteroatoms. The van der Waals surface area contributed by atoms with Gasteiger partial charge in [0.05, 0.1) is 17.3 Å². The van der Waals surface area contributed by atoms with E-state index in [0.29, 0.717) is 18.5 Å². The van der Waals surface area contributed by atoms with Crippen molar-refractivity contribution in [2.24, 2.45) is 0 Å². The van der Waals surface area contributed by atoms with Gasteiger partial charge in [0.15, 0.2) is 9.84 Å². The Morgan fingerprint density at radius 1 is 1.11 bits per heavy atom. The lowest BCUT2D eigenvalue weighted by atomic mass is 10.0. The van der Waals surface area contributed by atoms with Crippen molar-refractivity contribution < 1.29 is 13.2 Å². The maximum atomic E-state index is 12.6. The van der Waals surface area contributed by atoms with Gasteiger partial charge in [-0.3, -0.25) is 4.79 Å². The molecule has 0 aliphatic carbocycles. The van der Waals surface area contributed by atoms with Gasteiger partial charge < -0.3 is 9.88 Å². The second-order valence-electron chi connectivity index (χ2n) is 6.71. The van der Waals surface area contributed by atoms with Crippen molar-refractivity contribution in [1.29, 1.82) is 0 Å². The summed E-state index contributed by atoms with van der Waals surface area (Å²) in [6, 6.07) is 13.9. The van der Waals surface area contributed by atoms with E-state index < -0.39 is 9.84 Å². The van der Waals surface area contributed by atoms with Crippen LogP contribution in [0.15, 0.2) is 72.1 Å². The number of nitrogens with one attached hydrogen (secondary N) is 1. The van der Waals surface area contributed by atoms with Crippen LogP contribution in [-0.2, 0) is 16.4 Å². The SMILES string of the molecule is CCC(NC(=O)c1ccc(Cn2ccnc2)cc1)c1ccc(S(C)(=O)=O)cc1. The highest BCUT2D eigenvalue weighted by Crippen LogP contribution is 2.20. The molecular weight excluding hydrogens is 374 g/mol. The molecule has 146 valence electrons. The molecule has 1 N–H and O–H groups in total. The first kappa shape index (κ1) is 19.8. The van der Waals surface area contributed by atoms with Crippen LogP contribution in [0.1, 0.15) is 40.9 Å². The summed E-state index contributed by atoms with van der Waals surface area (Å²) >= 11 is 0. The second kappa shape index (κ2) is 8.39. The fraction of sp³-hybridized carbons (Fsp3) is 0.238. The van der Waals surface area contributed by atoms with Gasteiger partial charge in [0, 0.05) is 30.8 Å². The first-order valence-corrected chi connectivity index (χ1v) is 10.9. The van der Waals surface area contributed by atoms with Gasteiger partial charge >= 0.3 is 0 Å². The third-order valence-corrected chi connectivity index (χ3v) is 5.69. The van der Waals surface area contributed by atoms with Crippen molar-refractivity contribution in [2.75, 3.05) is 6.26 Å². The summed E-state index contributed by atoms with van der Waals surface area (Å²) in [5, 5.41) is 3.02. The number of carbonyl (C=O) groups is 1. The summed E-state index contributed by atoms with van der Waals surface area (Å²) in [5.41, 5.74) is 2.54. The molecule has 0 saturated carbocycles. The molecule has 0 aliphatic rings. The van der Waals surface area contributed by atoms with Crippen molar-refractivity contribution in [3.05, 3.63) is 83.9 Å². The number of benzene rings is 2. The van der Waals surface area contributed by atoms with Crippen molar-refractivity contribution in [3.8, 4) is 0 Å². The van der Waals surface area contributed by atoms with Crippen LogP contribution >= 0.6 is 0 Å². The average Bonchev–Trinajstić information content (AvgIpc) is 3.19. The van der Waals surface area contributed by atoms with E-state index in [1.807, 2.05) is 29.8 Å². The Hall–Kier alpha value is -2.93. The molecule has 0 radical (unpaired) electrons. The molecule has 1 amide bonds. The number of amides is 1. The summed E-state index contributed by atoms with van der Waals surface area (Å²) in [5.74, 6) is -0.159. The largest absolute Gasteiger partial charge is 0.345 e. The Labute approximate surface area is 165 Å². The molecule has 1 unspecified atom stereocenters. The maximum Gasteiger partial charge on any atom is 0.251 e. The minimum absolute atomic E-state index is 0.159. The zero-order valence-electron chi connectivity index (χ0n) is 15.9. The van der Waals surface area contributed by atoms with Gasteiger partial charge in [-0.2, -0.15) is 0 Å². The molecule has 0 fully saturated rings. The number of carbonyl (C=O) groups excluding carboxylic acids is 1. The Morgan fingerprint density at radius 3 is 2.32 bits per heavy atom. The predicted octanol–water partition coefficient (Wildman–Crippen LogP) is 3.22.